The molecular weight excluding hydrogens is 235 g/mol. The fourth-order valence-corrected chi connectivity index (χ4v) is 2.34. The highest BCUT2D eigenvalue weighted by Gasteiger charge is 2.21. The van der Waals surface area contributed by atoms with Crippen molar-refractivity contribution in [1.82, 2.24) is 10.2 Å². The van der Waals surface area contributed by atoms with Gasteiger partial charge in [0.05, 0.1) is 12.6 Å². The molecule has 1 fully saturated rings. The van der Waals surface area contributed by atoms with Crippen LogP contribution in [-0.4, -0.2) is 47.9 Å². The largest absolute Gasteiger partial charge is 0.505 e. The van der Waals surface area contributed by atoms with E-state index in [1.165, 1.54) is 12.1 Å². The molecule has 18 heavy (non-hydrogen) atoms. The zero-order chi connectivity index (χ0) is 13.0. The number of hydrogen-bond donors (Lipinski definition) is 3. The average Bonchev–Trinajstić information content (AvgIpc) is 2.64. The van der Waals surface area contributed by atoms with E-state index >= 15 is 0 Å². The van der Waals surface area contributed by atoms with Crippen LogP contribution in [0, 0.1) is 5.82 Å². The Kier molecular flexibility index (Phi) is 4.52. The number of benzene rings is 1. The van der Waals surface area contributed by atoms with Crippen LogP contribution in [0.1, 0.15) is 18.0 Å². The van der Waals surface area contributed by atoms with E-state index in [0.29, 0.717) is 5.56 Å². The fraction of sp³-hybridized carbons (Fsp3) is 0.538. The van der Waals surface area contributed by atoms with Crippen molar-refractivity contribution in [3.63, 3.8) is 0 Å². The van der Waals surface area contributed by atoms with Gasteiger partial charge in [0, 0.05) is 19.6 Å². The van der Waals surface area contributed by atoms with Gasteiger partial charge in [-0.1, -0.05) is 6.07 Å². The maximum Gasteiger partial charge on any atom is 0.165 e. The highest BCUT2D eigenvalue weighted by atomic mass is 19.1. The molecule has 5 heteroatoms. The summed E-state index contributed by atoms with van der Waals surface area (Å²) in [5.41, 5.74) is 0.703. The number of rotatable bonds is 3. The van der Waals surface area contributed by atoms with E-state index in [9.17, 15) is 14.6 Å². The Morgan fingerprint density at radius 3 is 2.89 bits per heavy atom. The number of nitrogens with zero attached hydrogens (tertiary/aromatic N) is 1. The molecule has 0 spiro atoms. The zero-order valence-corrected chi connectivity index (χ0v) is 10.3. The van der Waals surface area contributed by atoms with Crippen LogP contribution in [0.3, 0.4) is 0 Å². The summed E-state index contributed by atoms with van der Waals surface area (Å²) in [4.78, 5) is 2.14. The van der Waals surface area contributed by atoms with E-state index in [1.54, 1.807) is 6.07 Å². The molecule has 1 saturated heterocycles. The molecule has 1 aliphatic rings. The molecule has 1 heterocycles. The minimum Gasteiger partial charge on any atom is -0.505 e. The molecule has 0 aromatic heterocycles. The van der Waals surface area contributed by atoms with Crippen molar-refractivity contribution in [2.75, 3.05) is 32.8 Å². The number of hydrogen-bond acceptors (Lipinski definition) is 4. The van der Waals surface area contributed by atoms with E-state index in [0.717, 1.165) is 32.6 Å². The molecule has 4 nitrogen and oxygen atoms in total. The quantitative estimate of drug-likeness (QED) is 0.749. The van der Waals surface area contributed by atoms with E-state index in [4.69, 9.17) is 0 Å². The number of aliphatic hydroxyl groups is 1. The second-order valence-corrected chi connectivity index (χ2v) is 4.55. The van der Waals surface area contributed by atoms with Gasteiger partial charge < -0.3 is 15.5 Å². The SMILES string of the molecule is OCC(c1ccc(O)c(F)c1)N1CCCNCC1. The topological polar surface area (TPSA) is 55.7 Å². The molecule has 1 aromatic rings. The Labute approximate surface area is 106 Å². The van der Waals surface area contributed by atoms with Crippen LogP contribution in [0.2, 0.25) is 0 Å². The molecule has 3 N–H and O–H groups in total. The van der Waals surface area contributed by atoms with Crippen molar-refractivity contribution in [1.29, 1.82) is 0 Å². The summed E-state index contributed by atoms with van der Waals surface area (Å²) in [7, 11) is 0. The summed E-state index contributed by atoms with van der Waals surface area (Å²) in [6.45, 7) is 3.49. The lowest BCUT2D eigenvalue weighted by atomic mass is 10.1. The molecule has 1 atom stereocenters. The molecule has 1 aromatic carbocycles. The molecule has 2 rings (SSSR count). The first-order valence-corrected chi connectivity index (χ1v) is 6.26. The Bertz CT molecular complexity index is 393. The first-order valence-electron chi connectivity index (χ1n) is 6.26. The van der Waals surface area contributed by atoms with Crippen molar-refractivity contribution in [3.8, 4) is 5.75 Å². The van der Waals surface area contributed by atoms with Crippen molar-refractivity contribution < 1.29 is 14.6 Å². The summed E-state index contributed by atoms with van der Waals surface area (Å²) in [5, 5.41) is 22.0. The van der Waals surface area contributed by atoms with Crippen LogP contribution in [0.15, 0.2) is 18.2 Å². The van der Waals surface area contributed by atoms with Gasteiger partial charge in [0.25, 0.3) is 0 Å². The van der Waals surface area contributed by atoms with Gasteiger partial charge in [-0.3, -0.25) is 4.90 Å². The molecule has 100 valence electrons. The first-order chi connectivity index (χ1) is 8.72. The molecule has 0 radical (unpaired) electrons. The summed E-state index contributed by atoms with van der Waals surface area (Å²) in [6, 6.07) is 4.09. The number of nitrogens with one attached hydrogen (secondary N) is 1. The van der Waals surface area contributed by atoms with Crippen LogP contribution >= 0.6 is 0 Å². The highest BCUT2D eigenvalue weighted by Crippen LogP contribution is 2.25. The van der Waals surface area contributed by atoms with Gasteiger partial charge in [0.1, 0.15) is 0 Å². The lowest BCUT2D eigenvalue weighted by Gasteiger charge is -2.29. The van der Waals surface area contributed by atoms with Crippen LogP contribution in [0.5, 0.6) is 5.75 Å². The number of aromatic hydroxyl groups is 1. The predicted molar refractivity (Wildman–Crippen MR) is 67.0 cm³/mol. The molecule has 0 aliphatic carbocycles. The molecule has 0 saturated carbocycles. The van der Waals surface area contributed by atoms with Crippen molar-refractivity contribution in [3.05, 3.63) is 29.6 Å². The van der Waals surface area contributed by atoms with Gasteiger partial charge in [0.15, 0.2) is 11.6 Å². The van der Waals surface area contributed by atoms with E-state index < -0.39 is 5.82 Å². The minimum atomic E-state index is -0.640. The Hall–Kier alpha value is -1.17. The van der Waals surface area contributed by atoms with E-state index in [1.807, 2.05) is 0 Å². The third-order valence-corrected chi connectivity index (χ3v) is 3.34. The number of aliphatic hydroxyl groups excluding tert-OH is 1. The first kappa shape index (κ1) is 13.3. The number of phenolic OH excluding ortho intramolecular Hbond substituents is 1. The normalized spacial score (nSPS) is 19.4. The zero-order valence-electron chi connectivity index (χ0n) is 10.3. The minimum absolute atomic E-state index is 0.0514. The van der Waals surface area contributed by atoms with Crippen molar-refractivity contribution >= 4 is 0 Å². The monoisotopic (exact) mass is 254 g/mol. The van der Waals surface area contributed by atoms with Crippen LogP contribution in [0.25, 0.3) is 0 Å². The van der Waals surface area contributed by atoms with Gasteiger partial charge in [-0.15, -0.1) is 0 Å². The Morgan fingerprint density at radius 1 is 1.33 bits per heavy atom. The third kappa shape index (κ3) is 2.98. The van der Waals surface area contributed by atoms with Gasteiger partial charge in [-0.05, 0) is 30.7 Å². The molecular formula is C13H19FN2O2. The van der Waals surface area contributed by atoms with Crippen LogP contribution < -0.4 is 5.32 Å². The van der Waals surface area contributed by atoms with Gasteiger partial charge in [-0.2, -0.15) is 0 Å². The van der Waals surface area contributed by atoms with Crippen molar-refractivity contribution in [2.45, 2.75) is 12.5 Å². The predicted octanol–water partition coefficient (Wildman–Crippen LogP) is 0.860. The summed E-state index contributed by atoms with van der Waals surface area (Å²) in [6.07, 6.45) is 1.01. The fourth-order valence-electron chi connectivity index (χ4n) is 2.34. The van der Waals surface area contributed by atoms with Gasteiger partial charge >= 0.3 is 0 Å². The Balaban J connectivity index is 2.17. The average molecular weight is 254 g/mol. The summed E-state index contributed by atoms with van der Waals surface area (Å²) in [5.74, 6) is -0.994. The van der Waals surface area contributed by atoms with E-state index in [-0.39, 0.29) is 18.4 Å². The summed E-state index contributed by atoms with van der Waals surface area (Å²) < 4.78 is 13.4. The molecule has 1 aliphatic heterocycles. The highest BCUT2D eigenvalue weighted by molar-refractivity contribution is 5.30. The second-order valence-electron chi connectivity index (χ2n) is 4.55. The van der Waals surface area contributed by atoms with Gasteiger partial charge in [0.2, 0.25) is 0 Å². The molecule has 1 unspecified atom stereocenters. The maximum atomic E-state index is 13.4. The second kappa shape index (κ2) is 6.13. The molecule has 0 amide bonds. The Morgan fingerprint density at radius 2 is 2.17 bits per heavy atom. The van der Waals surface area contributed by atoms with Crippen molar-refractivity contribution in [2.24, 2.45) is 0 Å². The van der Waals surface area contributed by atoms with E-state index in [2.05, 4.69) is 10.2 Å². The lowest BCUT2D eigenvalue weighted by Crippen LogP contribution is -2.34. The van der Waals surface area contributed by atoms with Gasteiger partial charge in [-0.25, -0.2) is 4.39 Å². The van der Waals surface area contributed by atoms with Crippen LogP contribution in [0.4, 0.5) is 4.39 Å². The molecule has 0 bridgehead atoms. The summed E-state index contributed by atoms with van der Waals surface area (Å²) >= 11 is 0. The maximum absolute atomic E-state index is 13.4. The number of phenols is 1. The smallest absolute Gasteiger partial charge is 0.165 e. The third-order valence-electron chi connectivity index (χ3n) is 3.34. The van der Waals surface area contributed by atoms with Crippen LogP contribution in [-0.2, 0) is 0 Å². The lowest BCUT2D eigenvalue weighted by molar-refractivity contribution is 0.129. The number of halogens is 1. The standard InChI is InChI=1S/C13H19FN2O2/c14-11-8-10(2-3-13(11)18)12(9-17)16-6-1-4-15-5-7-16/h2-3,8,12,15,17-18H,1,4-7,9H2.